The van der Waals surface area contributed by atoms with Crippen LogP contribution < -0.4 is 17.0 Å². The van der Waals surface area contributed by atoms with E-state index in [2.05, 4.69) is 27.9 Å². The van der Waals surface area contributed by atoms with Crippen LogP contribution in [0.25, 0.3) is 0 Å². The lowest BCUT2D eigenvalue weighted by Crippen LogP contribution is -3.00. The van der Waals surface area contributed by atoms with Gasteiger partial charge in [-0.2, -0.15) is 0 Å². The summed E-state index contributed by atoms with van der Waals surface area (Å²) in [4.78, 5) is 0. The first-order valence-corrected chi connectivity index (χ1v) is 14.4. The van der Waals surface area contributed by atoms with Crippen LogP contribution >= 0.6 is 0 Å². The van der Waals surface area contributed by atoms with Gasteiger partial charge in [-0.1, -0.05) is 136 Å². The van der Waals surface area contributed by atoms with Gasteiger partial charge in [0.15, 0.2) is 0 Å². The Kier molecular flexibility index (Phi) is 28.9. The molecule has 0 saturated carbocycles. The molecular weight excluding hydrogens is 442 g/mol. The summed E-state index contributed by atoms with van der Waals surface area (Å²) in [6, 6.07) is 0. The lowest BCUT2D eigenvalue weighted by atomic mass is 10.0. The summed E-state index contributed by atoms with van der Waals surface area (Å²) < 4.78 is 1.25. The Morgan fingerprint density at radius 1 is 0.323 bits per heavy atom. The number of nitrogens with zero attached hydrogens (tertiary/aromatic N) is 1. The molecule has 0 aromatic rings. The van der Waals surface area contributed by atoms with Gasteiger partial charge in [0.05, 0.1) is 27.2 Å². The van der Waals surface area contributed by atoms with Gasteiger partial charge in [0.25, 0.3) is 0 Å². The summed E-state index contributed by atoms with van der Waals surface area (Å²) in [7, 11) is 4.91. The predicted octanol–water partition coefficient (Wildman–Crippen LogP) is 7.08. The van der Waals surface area contributed by atoms with Crippen LogP contribution in [0.4, 0.5) is 0 Å². The molecular formula is C29H62BrN. The maximum atomic E-state index is 2.45. The van der Waals surface area contributed by atoms with Gasteiger partial charge in [0, 0.05) is 0 Å². The highest BCUT2D eigenvalue weighted by Gasteiger charge is 2.13. The molecule has 0 radical (unpaired) electrons. The molecule has 0 fully saturated rings. The highest BCUT2D eigenvalue weighted by molar-refractivity contribution is 4.50. The lowest BCUT2D eigenvalue weighted by Gasteiger charge is -2.30. The average molecular weight is 505 g/mol. The van der Waals surface area contributed by atoms with Crippen LogP contribution in [-0.2, 0) is 0 Å². The third kappa shape index (κ3) is 28.4. The molecule has 0 aliphatic heterocycles. The van der Waals surface area contributed by atoms with Crippen LogP contribution in [0.2, 0.25) is 0 Å². The van der Waals surface area contributed by atoms with E-state index in [0.29, 0.717) is 0 Å². The fraction of sp³-hybridized carbons (Fsp3) is 1.00. The van der Waals surface area contributed by atoms with Gasteiger partial charge in [-0.3, -0.25) is 0 Å². The van der Waals surface area contributed by atoms with E-state index in [-0.39, 0.29) is 17.0 Å². The van der Waals surface area contributed by atoms with Crippen molar-refractivity contribution in [2.45, 2.75) is 162 Å². The summed E-state index contributed by atoms with van der Waals surface area (Å²) in [5, 5.41) is 0. The fourth-order valence-corrected chi connectivity index (χ4v) is 4.70. The normalized spacial score (nSPS) is 11.6. The Morgan fingerprint density at radius 2 is 0.516 bits per heavy atom. The van der Waals surface area contributed by atoms with E-state index in [4.69, 9.17) is 0 Å². The molecule has 0 bridgehead atoms. The minimum atomic E-state index is 0. The highest BCUT2D eigenvalue weighted by atomic mass is 79.9. The Hall–Kier alpha value is 0.440. The molecule has 0 spiro atoms. The van der Waals surface area contributed by atoms with E-state index in [0.717, 1.165) is 0 Å². The molecule has 0 aliphatic rings. The molecule has 0 unspecified atom stereocenters. The smallest absolute Gasteiger partial charge is 0.0782 e. The molecule has 0 N–H and O–H groups in total. The van der Waals surface area contributed by atoms with Crippen molar-refractivity contribution in [2.75, 3.05) is 27.2 Å². The van der Waals surface area contributed by atoms with Gasteiger partial charge in [0.1, 0.15) is 0 Å². The molecule has 0 rings (SSSR count). The highest BCUT2D eigenvalue weighted by Crippen LogP contribution is 2.14. The summed E-state index contributed by atoms with van der Waals surface area (Å²) >= 11 is 0. The van der Waals surface area contributed by atoms with Crippen molar-refractivity contribution in [1.29, 1.82) is 0 Å². The standard InChI is InChI=1S/C29H62N.BrH/c1-5-7-9-11-13-15-17-19-21-23-25-27-29-30(3,4)28-26-24-22-20-18-16-14-12-10-8-6-2;/h5-29H2,1-4H3;1H/q+1;/p-1. The van der Waals surface area contributed by atoms with E-state index in [1.807, 2.05) is 0 Å². The van der Waals surface area contributed by atoms with Gasteiger partial charge >= 0.3 is 0 Å². The van der Waals surface area contributed by atoms with E-state index >= 15 is 0 Å². The van der Waals surface area contributed by atoms with E-state index in [1.165, 1.54) is 165 Å². The summed E-state index contributed by atoms with van der Waals surface area (Å²) in [5.74, 6) is 0. The molecule has 0 heterocycles. The minimum absolute atomic E-state index is 0. The number of quaternary nitrogens is 1. The summed E-state index contributed by atoms with van der Waals surface area (Å²) in [6.07, 6.45) is 33.5. The van der Waals surface area contributed by atoms with Crippen molar-refractivity contribution in [3.05, 3.63) is 0 Å². The Labute approximate surface area is 209 Å². The fourth-order valence-electron chi connectivity index (χ4n) is 4.70. The first-order valence-electron chi connectivity index (χ1n) is 14.4. The van der Waals surface area contributed by atoms with Crippen molar-refractivity contribution in [3.8, 4) is 0 Å². The number of unbranched alkanes of at least 4 members (excludes halogenated alkanes) is 21. The monoisotopic (exact) mass is 503 g/mol. The summed E-state index contributed by atoms with van der Waals surface area (Å²) in [5.41, 5.74) is 0. The molecule has 0 aromatic heterocycles. The van der Waals surface area contributed by atoms with Crippen LogP contribution in [0.15, 0.2) is 0 Å². The molecule has 0 aromatic carbocycles. The zero-order valence-electron chi connectivity index (χ0n) is 22.5. The third-order valence-electron chi connectivity index (χ3n) is 6.98. The van der Waals surface area contributed by atoms with Crippen molar-refractivity contribution < 1.29 is 21.5 Å². The molecule has 0 atom stereocenters. The van der Waals surface area contributed by atoms with Gasteiger partial charge in [-0.05, 0) is 25.7 Å². The zero-order chi connectivity index (χ0) is 22.2. The second-order valence-electron chi connectivity index (χ2n) is 10.8. The van der Waals surface area contributed by atoms with Gasteiger partial charge < -0.3 is 21.5 Å². The minimum Gasteiger partial charge on any atom is -1.00 e. The first-order chi connectivity index (χ1) is 14.6. The third-order valence-corrected chi connectivity index (χ3v) is 6.98. The van der Waals surface area contributed by atoms with Crippen molar-refractivity contribution >= 4 is 0 Å². The van der Waals surface area contributed by atoms with Crippen molar-refractivity contribution in [3.63, 3.8) is 0 Å². The predicted molar refractivity (Wildman–Crippen MR) is 139 cm³/mol. The Bertz CT molecular complexity index is 316. The second-order valence-corrected chi connectivity index (χ2v) is 10.8. The van der Waals surface area contributed by atoms with Crippen LogP contribution in [-0.4, -0.2) is 31.7 Å². The van der Waals surface area contributed by atoms with Crippen LogP contribution in [0.3, 0.4) is 0 Å². The SMILES string of the molecule is CCCCCCCCCCCCCC[N+](C)(C)CCCCCCCCCCCCC.[Br-]. The first kappa shape index (κ1) is 33.6. The Balaban J connectivity index is 0. The number of hydrogen-bond acceptors (Lipinski definition) is 0. The second kappa shape index (κ2) is 26.7. The topological polar surface area (TPSA) is 0 Å². The van der Waals surface area contributed by atoms with Gasteiger partial charge in [-0.25, -0.2) is 0 Å². The van der Waals surface area contributed by atoms with E-state index in [9.17, 15) is 0 Å². The quantitative estimate of drug-likeness (QED) is 0.0921. The number of rotatable bonds is 25. The van der Waals surface area contributed by atoms with Crippen molar-refractivity contribution in [2.24, 2.45) is 0 Å². The molecule has 190 valence electrons. The summed E-state index contributed by atoms with van der Waals surface area (Å²) in [6.45, 7) is 7.38. The average Bonchev–Trinajstić information content (AvgIpc) is 2.72. The van der Waals surface area contributed by atoms with E-state index < -0.39 is 0 Å². The Morgan fingerprint density at radius 3 is 0.742 bits per heavy atom. The number of halogens is 1. The molecule has 0 amide bonds. The molecule has 0 saturated heterocycles. The number of hydrogen-bond donors (Lipinski definition) is 0. The van der Waals surface area contributed by atoms with Crippen LogP contribution in [0.5, 0.6) is 0 Å². The van der Waals surface area contributed by atoms with Crippen LogP contribution in [0.1, 0.15) is 162 Å². The van der Waals surface area contributed by atoms with E-state index in [1.54, 1.807) is 0 Å². The molecule has 2 heteroatoms. The zero-order valence-corrected chi connectivity index (χ0v) is 24.1. The van der Waals surface area contributed by atoms with Gasteiger partial charge in [0.2, 0.25) is 0 Å². The maximum absolute atomic E-state index is 2.45. The maximum Gasteiger partial charge on any atom is 0.0782 e. The van der Waals surface area contributed by atoms with Crippen molar-refractivity contribution in [1.82, 2.24) is 0 Å². The molecule has 31 heavy (non-hydrogen) atoms. The molecule has 1 nitrogen and oxygen atoms in total. The molecule has 0 aliphatic carbocycles. The largest absolute Gasteiger partial charge is 1.00 e. The van der Waals surface area contributed by atoms with Gasteiger partial charge in [-0.15, -0.1) is 0 Å². The lowest BCUT2D eigenvalue weighted by molar-refractivity contribution is -0.890. The van der Waals surface area contributed by atoms with Crippen LogP contribution in [0, 0.1) is 0 Å².